The van der Waals surface area contributed by atoms with Crippen LogP contribution in [0.1, 0.15) is 36.1 Å². The number of hydrogen-bond acceptors (Lipinski definition) is 0. The van der Waals surface area contributed by atoms with Crippen molar-refractivity contribution in [1.29, 1.82) is 0 Å². The highest BCUT2D eigenvalue weighted by Crippen LogP contribution is 2.60. The Bertz CT molecular complexity index is 719. The van der Waals surface area contributed by atoms with Crippen LogP contribution >= 0.6 is 22.2 Å². The van der Waals surface area contributed by atoms with E-state index in [9.17, 15) is 0 Å². The van der Waals surface area contributed by atoms with Crippen LogP contribution in [0.25, 0.3) is 11.1 Å². The van der Waals surface area contributed by atoms with Gasteiger partial charge in [-0.15, -0.1) is 22.2 Å². The third-order valence-corrected chi connectivity index (χ3v) is 9.70. The quantitative estimate of drug-likeness (QED) is 0.441. The predicted octanol–water partition coefficient (Wildman–Crippen LogP) is 5.55. The first kappa shape index (κ1) is 12.9. The van der Waals surface area contributed by atoms with Gasteiger partial charge in [0.25, 0.3) is 6.69 Å². The van der Waals surface area contributed by atoms with E-state index in [0.29, 0.717) is 0 Å². The van der Waals surface area contributed by atoms with Crippen molar-refractivity contribution in [2.45, 2.75) is 30.8 Å². The summed E-state index contributed by atoms with van der Waals surface area (Å²) in [5.74, 6) is 0. The van der Waals surface area contributed by atoms with Crippen molar-refractivity contribution in [1.82, 2.24) is 0 Å². The molecule has 0 amide bonds. The van der Waals surface area contributed by atoms with Gasteiger partial charge in [-0.1, -0.05) is 56.3 Å². The van der Waals surface area contributed by atoms with Crippen LogP contribution < -0.4 is 0 Å². The first-order valence-corrected chi connectivity index (χ1v) is 11.3. The number of rotatable bonds is 0. The van der Waals surface area contributed by atoms with E-state index >= 15 is 0 Å². The Morgan fingerprint density at radius 3 is 2.50 bits per heavy atom. The monoisotopic (exact) mass is 318 g/mol. The van der Waals surface area contributed by atoms with E-state index in [1.54, 1.807) is 0 Å². The third-order valence-electron chi connectivity index (χ3n) is 4.79. The second kappa shape index (κ2) is 3.91. The molecule has 2 aliphatic rings. The van der Waals surface area contributed by atoms with Crippen molar-refractivity contribution in [3.8, 4) is 11.1 Å². The van der Waals surface area contributed by atoms with Gasteiger partial charge in [0, 0.05) is 5.54 Å². The standard InChI is InChI=1S/C17H16Cl2Si/c1-17(2)10-20(18,19)16-13-7-4-3-6-11(13)12-8-5-9-14(17)15(12)16/h3-9,16H,10H2,1-2H3. The van der Waals surface area contributed by atoms with Gasteiger partial charge in [-0.2, -0.15) is 0 Å². The van der Waals surface area contributed by atoms with E-state index in [0.717, 1.165) is 6.04 Å². The van der Waals surface area contributed by atoms with E-state index in [4.69, 9.17) is 22.2 Å². The minimum Gasteiger partial charge on any atom is -0.145 e. The van der Waals surface area contributed by atoms with Gasteiger partial charge < -0.3 is 0 Å². The minimum absolute atomic E-state index is 0.0691. The van der Waals surface area contributed by atoms with E-state index in [-0.39, 0.29) is 11.0 Å². The molecule has 4 rings (SSSR count). The molecule has 1 heterocycles. The highest BCUT2D eigenvalue weighted by Gasteiger charge is 2.54. The Balaban J connectivity index is 2.12. The maximum atomic E-state index is 6.92. The molecule has 1 aliphatic carbocycles. The molecule has 102 valence electrons. The van der Waals surface area contributed by atoms with Crippen LogP contribution in [0.4, 0.5) is 0 Å². The Labute approximate surface area is 130 Å². The van der Waals surface area contributed by atoms with Gasteiger partial charge in [0.2, 0.25) is 0 Å². The van der Waals surface area contributed by atoms with Gasteiger partial charge in [0.05, 0.1) is 0 Å². The number of fused-ring (bicyclic) bond motifs is 3. The van der Waals surface area contributed by atoms with Gasteiger partial charge in [-0.3, -0.25) is 0 Å². The van der Waals surface area contributed by atoms with Crippen LogP contribution in [0.3, 0.4) is 0 Å². The normalized spacial score (nSPS) is 24.1. The maximum absolute atomic E-state index is 6.92. The molecule has 0 nitrogen and oxygen atoms in total. The average molecular weight is 319 g/mol. The summed E-state index contributed by atoms with van der Waals surface area (Å²) >= 11 is 13.8. The lowest BCUT2D eigenvalue weighted by atomic mass is 9.81. The molecule has 0 saturated carbocycles. The van der Waals surface area contributed by atoms with Crippen molar-refractivity contribution < 1.29 is 0 Å². The van der Waals surface area contributed by atoms with Crippen molar-refractivity contribution in [2.24, 2.45) is 0 Å². The molecule has 0 aromatic heterocycles. The molecule has 2 aromatic rings. The van der Waals surface area contributed by atoms with E-state index in [1.165, 1.54) is 27.8 Å². The van der Waals surface area contributed by atoms with Crippen LogP contribution in [0.2, 0.25) is 6.04 Å². The smallest absolute Gasteiger partial charge is 0.145 e. The molecule has 0 N–H and O–H groups in total. The van der Waals surface area contributed by atoms with Gasteiger partial charge in [-0.25, -0.2) is 0 Å². The summed E-state index contributed by atoms with van der Waals surface area (Å²) in [5, 5.41) is 0. The van der Waals surface area contributed by atoms with Gasteiger partial charge in [0.1, 0.15) is 0 Å². The third kappa shape index (κ3) is 1.54. The van der Waals surface area contributed by atoms with Crippen LogP contribution in [-0.4, -0.2) is 6.69 Å². The topological polar surface area (TPSA) is 0 Å². The second-order valence-electron chi connectivity index (χ2n) is 6.61. The van der Waals surface area contributed by atoms with Crippen LogP contribution in [0.5, 0.6) is 0 Å². The molecule has 3 heteroatoms. The Kier molecular flexibility index (Phi) is 2.53. The average Bonchev–Trinajstić information content (AvgIpc) is 2.71. The lowest BCUT2D eigenvalue weighted by Crippen LogP contribution is -2.42. The molecule has 0 radical (unpaired) electrons. The lowest BCUT2D eigenvalue weighted by Gasteiger charge is -2.42. The second-order valence-corrected chi connectivity index (χ2v) is 13.7. The lowest BCUT2D eigenvalue weighted by molar-refractivity contribution is 0.563. The molecule has 0 saturated heterocycles. The number of benzene rings is 2. The van der Waals surface area contributed by atoms with Crippen molar-refractivity contribution in [3.63, 3.8) is 0 Å². The molecule has 2 aromatic carbocycles. The van der Waals surface area contributed by atoms with Crippen LogP contribution in [0.15, 0.2) is 42.5 Å². The fraction of sp³-hybridized carbons (Fsp3) is 0.294. The summed E-state index contributed by atoms with van der Waals surface area (Å²) < 4.78 is 0. The molecule has 1 unspecified atom stereocenters. The SMILES string of the molecule is CC1(C)C[Si](Cl)(Cl)C2c3ccccc3-c3cccc1c32. The van der Waals surface area contributed by atoms with E-state index in [1.807, 2.05) is 0 Å². The zero-order valence-corrected chi connectivity index (χ0v) is 14.1. The Morgan fingerprint density at radius 1 is 1.00 bits per heavy atom. The molecule has 1 aliphatic heterocycles. The highest BCUT2D eigenvalue weighted by atomic mass is 35.7. The van der Waals surface area contributed by atoms with Crippen LogP contribution in [0, 0.1) is 0 Å². The number of halogens is 2. The zero-order chi connectivity index (χ0) is 14.1. The highest BCUT2D eigenvalue weighted by molar-refractivity contribution is 7.46. The van der Waals surface area contributed by atoms with Gasteiger partial charge >= 0.3 is 0 Å². The molecule has 0 spiro atoms. The van der Waals surface area contributed by atoms with Crippen LogP contribution in [-0.2, 0) is 5.41 Å². The van der Waals surface area contributed by atoms with Crippen molar-refractivity contribution in [2.75, 3.05) is 0 Å². The maximum Gasteiger partial charge on any atom is 0.263 e. The summed E-state index contributed by atoms with van der Waals surface area (Å²) in [6, 6.07) is 16.2. The number of hydrogen-bond donors (Lipinski definition) is 0. The van der Waals surface area contributed by atoms with Crippen molar-refractivity contribution in [3.05, 3.63) is 59.2 Å². The summed E-state index contributed by atoms with van der Waals surface area (Å²) in [4.78, 5) is 0. The summed E-state index contributed by atoms with van der Waals surface area (Å²) in [7, 11) is 0. The first-order chi connectivity index (χ1) is 9.42. The van der Waals surface area contributed by atoms with Gasteiger partial charge in [0.15, 0.2) is 0 Å². The largest absolute Gasteiger partial charge is 0.263 e. The molecule has 0 bridgehead atoms. The summed E-state index contributed by atoms with van der Waals surface area (Å²) in [6.07, 6.45) is 0. The molecular weight excluding hydrogens is 303 g/mol. The van der Waals surface area contributed by atoms with Gasteiger partial charge in [-0.05, 0) is 39.3 Å². The zero-order valence-electron chi connectivity index (χ0n) is 11.6. The molecule has 0 fully saturated rings. The Hall–Kier alpha value is -0.763. The fourth-order valence-electron chi connectivity index (χ4n) is 4.08. The molecular formula is C17H16Cl2Si. The molecule has 1 atom stereocenters. The summed E-state index contributed by atoms with van der Waals surface area (Å²) in [6.45, 7) is 2.18. The Morgan fingerprint density at radius 2 is 1.70 bits per heavy atom. The fourth-order valence-corrected chi connectivity index (χ4v) is 10.5. The van der Waals surface area contributed by atoms with Crippen molar-refractivity contribution >= 4 is 28.9 Å². The minimum atomic E-state index is -2.36. The summed E-state index contributed by atoms with van der Waals surface area (Å²) in [5.41, 5.74) is 7.14. The van der Waals surface area contributed by atoms with E-state index < -0.39 is 6.69 Å². The van der Waals surface area contributed by atoms with E-state index in [2.05, 4.69) is 56.3 Å². The predicted molar refractivity (Wildman–Crippen MR) is 89.0 cm³/mol. The molecule has 20 heavy (non-hydrogen) atoms. The first-order valence-electron chi connectivity index (χ1n) is 7.02.